The fraction of sp³-hybridized carbons (Fsp3) is 0.300. The third-order valence-electron chi connectivity index (χ3n) is 2.15. The van der Waals surface area contributed by atoms with Crippen molar-refractivity contribution in [3.63, 3.8) is 0 Å². The van der Waals surface area contributed by atoms with Gasteiger partial charge in [0.1, 0.15) is 0 Å². The molecule has 1 rings (SSSR count). The molecule has 0 N–H and O–H groups in total. The van der Waals surface area contributed by atoms with Crippen LogP contribution in [0.3, 0.4) is 0 Å². The van der Waals surface area contributed by atoms with E-state index in [1.54, 1.807) is 6.08 Å². The molecule has 0 saturated heterocycles. The van der Waals surface area contributed by atoms with Gasteiger partial charge in [0.25, 0.3) is 0 Å². The first kappa shape index (κ1) is 12.6. The van der Waals surface area contributed by atoms with Crippen LogP contribution in [0.4, 0.5) is 0 Å². The zero-order chi connectivity index (χ0) is 12.3. The fourth-order valence-corrected chi connectivity index (χ4v) is 1.75. The van der Waals surface area contributed by atoms with Gasteiger partial charge in [-0.05, 0) is 10.9 Å². The molecule has 1 aliphatic rings. The number of hydrogen-bond acceptors (Lipinski definition) is 4. The van der Waals surface area contributed by atoms with Crippen molar-refractivity contribution >= 4 is 15.2 Å². The monoisotopic (exact) mass is 241 g/mol. The topological polar surface area (TPSA) is 69.4 Å². The number of nitrogens with zero attached hydrogens (tertiary/aromatic N) is 1. The van der Waals surface area contributed by atoms with Gasteiger partial charge in [0.05, 0.1) is 12.0 Å². The van der Waals surface area contributed by atoms with E-state index in [1.807, 2.05) is 0 Å². The number of carbonyl (C=O) groups excluding carboxylic acids is 1. The van der Waals surface area contributed by atoms with Crippen LogP contribution >= 0.6 is 9.24 Å². The highest BCUT2D eigenvalue weighted by molar-refractivity contribution is 7.22. The second kappa shape index (κ2) is 5.03. The van der Waals surface area contributed by atoms with Crippen molar-refractivity contribution in [3.05, 3.63) is 44.4 Å². The molecule has 5 nitrogen and oxygen atoms in total. The molecule has 0 aromatic carbocycles. The standard InChI is InChI=1S/C10H12NO4P/c1-6(11(13)14)3-7-4-8(16)5-9(7)10(12)15-2/h3-4H,5,16H2,1-2H3/b6-3-. The molecule has 16 heavy (non-hydrogen) atoms. The van der Waals surface area contributed by atoms with Crippen molar-refractivity contribution < 1.29 is 14.5 Å². The SMILES string of the molecule is COC(=O)C1=C(/C=C(/C)[N+](=O)[O-])C=C(P)C1. The molecule has 1 atom stereocenters. The van der Waals surface area contributed by atoms with Gasteiger partial charge in [0.15, 0.2) is 0 Å². The lowest BCUT2D eigenvalue weighted by molar-refractivity contribution is -0.424. The Morgan fingerprint density at radius 3 is 2.81 bits per heavy atom. The largest absolute Gasteiger partial charge is 0.466 e. The Balaban J connectivity index is 3.09. The molecule has 0 aliphatic heterocycles. The van der Waals surface area contributed by atoms with E-state index in [0.717, 1.165) is 5.31 Å². The van der Waals surface area contributed by atoms with Crippen LogP contribution in [-0.2, 0) is 9.53 Å². The molecule has 6 heteroatoms. The summed E-state index contributed by atoms with van der Waals surface area (Å²) in [5.74, 6) is -0.448. The minimum atomic E-state index is -0.490. The molecule has 0 fully saturated rings. The number of allylic oxidation sites excluding steroid dienone is 5. The minimum Gasteiger partial charge on any atom is -0.466 e. The summed E-state index contributed by atoms with van der Waals surface area (Å²) in [6.45, 7) is 1.39. The van der Waals surface area contributed by atoms with Gasteiger partial charge in [-0.2, -0.15) is 0 Å². The predicted molar refractivity (Wildman–Crippen MR) is 62.2 cm³/mol. The molecule has 0 saturated carbocycles. The fourth-order valence-electron chi connectivity index (χ4n) is 1.36. The van der Waals surface area contributed by atoms with E-state index in [1.165, 1.54) is 20.1 Å². The molecule has 86 valence electrons. The summed E-state index contributed by atoms with van der Waals surface area (Å²) in [7, 11) is 3.77. The lowest BCUT2D eigenvalue weighted by Gasteiger charge is -2.01. The molecule has 0 bridgehead atoms. The van der Waals surface area contributed by atoms with E-state index < -0.39 is 10.9 Å². The average Bonchev–Trinajstić information content (AvgIpc) is 2.58. The lowest BCUT2D eigenvalue weighted by atomic mass is 10.1. The number of rotatable bonds is 3. The number of methoxy groups -OCH3 is 1. The number of carbonyl (C=O) groups is 1. The molecule has 0 amide bonds. The highest BCUT2D eigenvalue weighted by atomic mass is 31.0. The molecule has 1 aliphatic carbocycles. The van der Waals surface area contributed by atoms with Gasteiger partial charge in [-0.3, -0.25) is 10.1 Å². The third-order valence-corrected chi connectivity index (χ3v) is 2.53. The Labute approximate surface area is 95.2 Å². The van der Waals surface area contributed by atoms with Crippen LogP contribution in [0.2, 0.25) is 0 Å². The molecule has 0 heterocycles. The van der Waals surface area contributed by atoms with Gasteiger partial charge >= 0.3 is 5.97 Å². The smallest absolute Gasteiger partial charge is 0.334 e. The highest BCUT2D eigenvalue weighted by Gasteiger charge is 2.20. The van der Waals surface area contributed by atoms with Gasteiger partial charge in [0.2, 0.25) is 5.70 Å². The Morgan fingerprint density at radius 2 is 2.31 bits per heavy atom. The quantitative estimate of drug-likeness (QED) is 0.327. The van der Waals surface area contributed by atoms with E-state index in [0.29, 0.717) is 17.6 Å². The summed E-state index contributed by atoms with van der Waals surface area (Å²) in [5.41, 5.74) is 0.993. The first-order chi connectivity index (χ1) is 7.45. The van der Waals surface area contributed by atoms with Crippen molar-refractivity contribution in [2.75, 3.05) is 7.11 Å². The third kappa shape index (κ3) is 2.76. The van der Waals surface area contributed by atoms with Crippen molar-refractivity contribution in [2.45, 2.75) is 13.3 Å². The van der Waals surface area contributed by atoms with Crippen LogP contribution in [0, 0.1) is 10.1 Å². The molecular weight excluding hydrogens is 229 g/mol. The van der Waals surface area contributed by atoms with Crippen molar-refractivity contribution in [1.82, 2.24) is 0 Å². The van der Waals surface area contributed by atoms with E-state index in [2.05, 4.69) is 14.0 Å². The van der Waals surface area contributed by atoms with Crippen LogP contribution in [0.15, 0.2) is 34.3 Å². The second-order valence-corrected chi connectivity index (χ2v) is 4.11. The van der Waals surface area contributed by atoms with Crippen molar-refractivity contribution in [3.8, 4) is 0 Å². The maximum Gasteiger partial charge on any atom is 0.334 e. The first-order valence-electron chi connectivity index (χ1n) is 4.56. The van der Waals surface area contributed by atoms with Crippen LogP contribution in [-0.4, -0.2) is 18.0 Å². The summed E-state index contributed by atoms with van der Waals surface area (Å²) in [6, 6.07) is 0. The second-order valence-electron chi connectivity index (χ2n) is 3.36. The Hall–Kier alpha value is -1.48. The van der Waals surface area contributed by atoms with E-state index in [4.69, 9.17) is 0 Å². The minimum absolute atomic E-state index is 0.00708. The van der Waals surface area contributed by atoms with E-state index in [-0.39, 0.29) is 5.70 Å². The van der Waals surface area contributed by atoms with Gasteiger partial charge < -0.3 is 4.74 Å². The molecule has 0 spiro atoms. The highest BCUT2D eigenvalue weighted by Crippen LogP contribution is 2.31. The van der Waals surface area contributed by atoms with E-state index >= 15 is 0 Å². The van der Waals surface area contributed by atoms with Crippen molar-refractivity contribution in [1.29, 1.82) is 0 Å². The maximum absolute atomic E-state index is 11.4. The van der Waals surface area contributed by atoms with Crippen molar-refractivity contribution in [2.24, 2.45) is 0 Å². The molecule has 0 radical (unpaired) electrons. The van der Waals surface area contributed by atoms with Crippen LogP contribution in [0.1, 0.15) is 13.3 Å². The molecule has 1 unspecified atom stereocenters. The van der Waals surface area contributed by atoms with Gasteiger partial charge in [-0.1, -0.05) is 6.08 Å². The summed E-state index contributed by atoms with van der Waals surface area (Å²) >= 11 is 0. The number of hydrogen-bond donors (Lipinski definition) is 0. The van der Waals surface area contributed by atoms with Crippen LogP contribution < -0.4 is 0 Å². The Kier molecular flexibility index (Phi) is 3.96. The zero-order valence-electron chi connectivity index (χ0n) is 9.02. The summed E-state index contributed by atoms with van der Waals surface area (Å²) in [5, 5.41) is 11.4. The van der Waals surface area contributed by atoms with Gasteiger partial charge in [0, 0.05) is 25.0 Å². The Bertz CT molecular complexity index is 434. The van der Waals surface area contributed by atoms with Gasteiger partial charge in [-0.15, -0.1) is 9.24 Å². The summed E-state index contributed by atoms with van der Waals surface area (Å²) in [6.07, 6.45) is 3.56. The van der Waals surface area contributed by atoms with E-state index in [9.17, 15) is 14.9 Å². The number of ether oxygens (including phenoxy) is 1. The predicted octanol–water partition coefficient (Wildman–Crippen LogP) is 1.80. The maximum atomic E-state index is 11.4. The molecule has 0 aromatic rings. The van der Waals surface area contributed by atoms with Crippen LogP contribution in [0.5, 0.6) is 0 Å². The number of nitro groups is 1. The molecule has 0 aromatic heterocycles. The zero-order valence-corrected chi connectivity index (χ0v) is 10.2. The first-order valence-corrected chi connectivity index (χ1v) is 5.13. The normalized spacial score (nSPS) is 16.2. The number of esters is 1. The van der Waals surface area contributed by atoms with Gasteiger partial charge in [-0.25, -0.2) is 4.79 Å². The molecular formula is C10H12NO4P. The summed E-state index contributed by atoms with van der Waals surface area (Å²) in [4.78, 5) is 21.4. The average molecular weight is 241 g/mol. The van der Waals surface area contributed by atoms with Crippen LogP contribution in [0.25, 0.3) is 0 Å². The Morgan fingerprint density at radius 1 is 1.69 bits per heavy atom. The summed E-state index contributed by atoms with van der Waals surface area (Å²) < 4.78 is 4.62. The lowest BCUT2D eigenvalue weighted by Crippen LogP contribution is -2.05.